The van der Waals surface area contributed by atoms with Crippen molar-refractivity contribution in [1.82, 2.24) is 0 Å². The maximum atomic E-state index is 13.8. The third-order valence-electron chi connectivity index (χ3n) is 5.55. The molecule has 18 heavy (non-hydrogen) atoms. The molecule has 0 amide bonds. The highest BCUT2D eigenvalue weighted by Crippen LogP contribution is 2.71. The summed E-state index contributed by atoms with van der Waals surface area (Å²) in [4.78, 5) is 0. The molecule has 5 atom stereocenters. The number of rotatable bonds is 2. The SMILES string of the molecule is NC(c1cccc(F)c1F)C1C2C3CCC(C3)C21. The molecule has 0 radical (unpaired) electrons. The number of benzene rings is 1. The van der Waals surface area contributed by atoms with Gasteiger partial charge in [0.2, 0.25) is 0 Å². The molecule has 0 aromatic heterocycles. The Morgan fingerprint density at radius 2 is 1.78 bits per heavy atom. The van der Waals surface area contributed by atoms with Gasteiger partial charge in [-0.15, -0.1) is 0 Å². The summed E-state index contributed by atoms with van der Waals surface area (Å²) >= 11 is 0. The molecule has 2 N–H and O–H groups in total. The smallest absolute Gasteiger partial charge is 0.163 e. The molecule has 3 heteroatoms. The van der Waals surface area contributed by atoms with Crippen LogP contribution in [-0.2, 0) is 0 Å². The monoisotopic (exact) mass is 249 g/mol. The second-order valence-electron chi connectivity index (χ2n) is 6.23. The third kappa shape index (κ3) is 1.28. The van der Waals surface area contributed by atoms with Crippen molar-refractivity contribution in [3.63, 3.8) is 0 Å². The molecule has 2 bridgehead atoms. The Hall–Kier alpha value is -0.960. The Kier molecular flexibility index (Phi) is 2.14. The molecule has 1 aromatic carbocycles. The second-order valence-corrected chi connectivity index (χ2v) is 6.23. The Bertz CT molecular complexity index is 485. The van der Waals surface area contributed by atoms with E-state index in [1.165, 1.54) is 19.3 Å². The van der Waals surface area contributed by atoms with Crippen molar-refractivity contribution in [2.45, 2.75) is 25.3 Å². The maximum Gasteiger partial charge on any atom is 0.163 e. The first kappa shape index (κ1) is 10.9. The van der Waals surface area contributed by atoms with E-state index in [0.717, 1.165) is 17.9 Å². The molecule has 1 nitrogen and oxygen atoms in total. The van der Waals surface area contributed by atoms with Crippen molar-refractivity contribution in [2.24, 2.45) is 35.3 Å². The summed E-state index contributed by atoms with van der Waals surface area (Å²) < 4.78 is 27.0. The van der Waals surface area contributed by atoms with E-state index in [1.54, 1.807) is 12.1 Å². The Morgan fingerprint density at radius 3 is 2.44 bits per heavy atom. The highest BCUT2D eigenvalue weighted by Gasteiger charge is 2.66. The minimum absolute atomic E-state index is 0.320. The fraction of sp³-hybridized carbons (Fsp3) is 0.600. The van der Waals surface area contributed by atoms with Crippen LogP contribution in [0.3, 0.4) is 0 Å². The lowest BCUT2D eigenvalue weighted by Crippen LogP contribution is -2.19. The van der Waals surface area contributed by atoms with E-state index in [2.05, 4.69) is 0 Å². The zero-order valence-corrected chi connectivity index (χ0v) is 10.2. The standard InChI is InChI=1S/C15H17F2N/c16-10-3-1-2-9(14(10)17)15(18)13-11-7-4-5-8(6-7)12(11)13/h1-3,7-8,11-13,15H,4-6,18H2. The summed E-state index contributed by atoms with van der Waals surface area (Å²) in [7, 11) is 0. The first-order chi connectivity index (χ1) is 8.68. The Morgan fingerprint density at radius 1 is 1.11 bits per heavy atom. The molecule has 0 spiro atoms. The molecule has 96 valence electrons. The van der Waals surface area contributed by atoms with Crippen LogP contribution in [0.4, 0.5) is 8.78 Å². The molecule has 3 saturated carbocycles. The normalized spacial score (nSPS) is 41.8. The van der Waals surface area contributed by atoms with Gasteiger partial charge in [-0.1, -0.05) is 12.1 Å². The van der Waals surface area contributed by atoms with Crippen molar-refractivity contribution in [3.05, 3.63) is 35.4 Å². The minimum atomic E-state index is -0.781. The summed E-state index contributed by atoms with van der Waals surface area (Å²) in [5.41, 5.74) is 6.58. The molecule has 3 aliphatic rings. The molecule has 0 aliphatic heterocycles. The summed E-state index contributed by atoms with van der Waals surface area (Å²) in [6.45, 7) is 0. The van der Waals surface area contributed by atoms with Crippen LogP contribution in [-0.4, -0.2) is 0 Å². The molecule has 5 unspecified atom stereocenters. The quantitative estimate of drug-likeness (QED) is 0.855. The molecule has 3 fully saturated rings. The van der Waals surface area contributed by atoms with Gasteiger partial charge in [0.15, 0.2) is 11.6 Å². The summed E-state index contributed by atoms with van der Waals surface area (Å²) in [6, 6.07) is 4.03. The number of fused-ring (bicyclic) bond motifs is 5. The minimum Gasteiger partial charge on any atom is -0.324 e. The van der Waals surface area contributed by atoms with Crippen LogP contribution in [0.15, 0.2) is 18.2 Å². The second kappa shape index (κ2) is 3.53. The summed E-state index contributed by atoms with van der Waals surface area (Å²) in [6.07, 6.45) is 3.99. The molecular formula is C15H17F2N. The van der Waals surface area contributed by atoms with Crippen molar-refractivity contribution in [1.29, 1.82) is 0 Å². The Balaban J connectivity index is 1.62. The van der Waals surface area contributed by atoms with Crippen LogP contribution in [0.5, 0.6) is 0 Å². The fourth-order valence-electron chi connectivity index (χ4n) is 4.86. The number of hydrogen-bond acceptors (Lipinski definition) is 1. The topological polar surface area (TPSA) is 26.0 Å². The lowest BCUT2D eigenvalue weighted by molar-refractivity contribution is 0.403. The predicted octanol–water partition coefficient (Wildman–Crippen LogP) is 3.26. The lowest BCUT2D eigenvalue weighted by Gasteiger charge is -2.17. The number of nitrogens with two attached hydrogens (primary N) is 1. The molecular weight excluding hydrogens is 232 g/mol. The van der Waals surface area contributed by atoms with Gasteiger partial charge in [-0.3, -0.25) is 0 Å². The first-order valence-corrected chi connectivity index (χ1v) is 6.88. The number of halogens is 2. The average Bonchev–Trinajstić information content (AvgIpc) is 2.80. The average molecular weight is 249 g/mol. The van der Waals surface area contributed by atoms with Crippen LogP contribution >= 0.6 is 0 Å². The van der Waals surface area contributed by atoms with E-state index < -0.39 is 11.6 Å². The first-order valence-electron chi connectivity index (χ1n) is 6.88. The van der Waals surface area contributed by atoms with E-state index in [9.17, 15) is 8.78 Å². The molecule has 4 rings (SSSR count). The zero-order chi connectivity index (χ0) is 12.4. The van der Waals surface area contributed by atoms with Gasteiger partial charge < -0.3 is 5.73 Å². The van der Waals surface area contributed by atoms with Gasteiger partial charge in [-0.25, -0.2) is 8.78 Å². The van der Waals surface area contributed by atoms with Crippen molar-refractivity contribution < 1.29 is 8.78 Å². The van der Waals surface area contributed by atoms with Gasteiger partial charge in [-0.05, 0) is 54.9 Å². The van der Waals surface area contributed by atoms with Crippen LogP contribution in [0.1, 0.15) is 30.9 Å². The molecule has 3 aliphatic carbocycles. The van der Waals surface area contributed by atoms with Crippen LogP contribution in [0.2, 0.25) is 0 Å². The maximum absolute atomic E-state index is 13.8. The largest absolute Gasteiger partial charge is 0.324 e. The Labute approximate surface area is 105 Å². The fourth-order valence-corrected chi connectivity index (χ4v) is 4.86. The highest BCUT2D eigenvalue weighted by atomic mass is 19.2. The molecule has 1 aromatic rings. The van der Waals surface area contributed by atoms with Crippen LogP contribution in [0, 0.1) is 41.2 Å². The zero-order valence-electron chi connectivity index (χ0n) is 10.2. The summed E-state index contributed by atoms with van der Waals surface area (Å²) in [5.74, 6) is 1.88. The van der Waals surface area contributed by atoms with Gasteiger partial charge in [-0.2, -0.15) is 0 Å². The van der Waals surface area contributed by atoms with Crippen LogP contribution in [0.25, 0.3) is 0 Å². The van der Waals surface area contributed by atoms with E-state index in [-0.39, 0.29) is 6.04 Å². The van der Waals surface area contributed by atoms with Crippen LogP contribution < -0.4 is 5.73 Å². The van der Waals surface area contributed by atoms with Gasteiger partial charge >= 0.3 is 0 Å². The van der Waals surface area contributed by atoms with Crippen molar-refractivity contribution in [3.8, 4) is 0 Å². The van der Waals surface area contributed by atoms with E-state index in [1.807, 2.05) is 0 Å². The van der Waals surface area contributed by atoms with Gasteiger partial charge in [0, 0.05) is 11.6 Å². The van der Waals surface area contributed by atoms with Gasteiger partial charge in [0.25, 0.3) is 0 Å². The van der Waals surface area contributed by atoms with E-state index in [0.29, 0.717) is 23.3 Å². The van der Waals surface area contributed by atoms with Gasteiger partial charge in [0.05, 0.1) is 0 Å². The molecule has 0 heterocycles. The summed E-state index contributed by atoms with van der Waals surface area (Å²) in [5, 5.41) is 0. The third-order valence-corrected chi connectivity index (χ3v) is 5.55. The molecule has 0 saturated heterocycles. The number of hydrogen-bond donors (Lipinski definition) is 1. The lowest BCUT2D eigenvalue weighted by atomic mass is 9.93. The van der Waals surface area contributed by atoms with Crippen molar-refractivity contribution >= 4 is 0 Å². The van der Waals surface area contributed by atoms with Gasteiger partial charge in [0.1, 0.15) is 0 Å². The van der Waals surface area contributed by atoms with E-state index in [4.69, 9.17) is 5.73 Å². The van der Waals surface area contributed by atoms with E-state index >= 15 is 0 Å². The predicted molar refractivity (Wildman–Crippen MR) is 64.6 cm³/mol. The van der Waals surface area contributed by atoms with Crippen molar-refractivity contribution in [2.75, 3.05) is 0 Å². The highest BCUT2D eigenvalue weighted by molar-refractivity contribution is 5.27.